The van der Waals surface area contributed by atoms with Crippen molar-refractivity contribution < 1.29 is 14.7 Å². The normalized spacial score (nSPS) is 9.50. The number of carboxylic acids is 1. The molecule has 5 nitrogen and oxygen atoms in total. The monoisotopic (exact) mass is 246 g/mol. The van der Waals surface area contributed by atoms with E-state index in [1.165, 1.54) is 0 Å². The van der Waals surface area contributed by atoms with Crippen molar-refractivity contribution in [3.05, 3.63) is 35.4 Å². The number of rotatable bonds is 6. The summed E-state index contributed by atoms with van der Waals surface area (Å²) in [6.45, 7) is 0.451. The number of amides is 1. The summed E-state index contributed by atoms with van der Waals surface area (Å²) < 4.78 is 0. The zero-order chi connectivity index (χ0) is 13.4. The smallest absolute Gasteiger partial charge is 0.303 e. The average Bonchev–Trinajstić information content (AvgIpc) is 2.38. The Hall–Kier alpha value is -2.35. The summed E-state index contributed by atoms with van der Waals surface area (Å²) in [4.78, 5) is 21.9. The maximum absolute atomic E-state index is 11.6. The molecule has 0 aliphatic rings. The summed E-state index contributed by atoms with van der Waals surface area (Å²) in [5.41, 5.74) is 1.00. The van der Waals surface area contributed by atoms with E-state index in [9.17, 15) is 9.59 Å². The Bertz CT molecular complexity index is 460. The fourth-order valence-corrected chi connectivity index (χ4v) is 1.40. The Morgan fingerprint density at radius 1 is 1.22 bits per heavy atom. The molecule has 0 saturated heterocycles. The number of nitrogens with one attached hydrogen (secondary N) is 1. The summed E-state index contributed by atoms with van der Waals surface area (Å²) in [7, 11) is 0. The van der Waals surface area contributed by atoms with Gasteiger partial charge in [0.1, 0.15) is 0 Å². The minimum absolute atomic E-state index is 0.118. The van der Waals surface area contributed by atoms with Crippen molar-refractivity contribution in [3.8, 4) is 6.07 Å². The summed E-state index contributed by atoms with van der Waals surface area (Å²) >= 11 is 0. The molecule has 0 atom stereocenters. The van der Waals surface area contributed by atoms with Gasteiger partial charge in [0, 0.05) is 18.5 Å². The molecular weight excluding hydrogens is 232 g/mol. The van der Waals surface area contributed by atoms with Crippen LogP contribution in [-0.2, 0) is 4.79 Å². The molecule has 0 fully saturated rings. The molecule has 1 aromatic rings. The summed E-state index contributed by atoms with van der Waals surface area (Å²) in [6, 6.07) is 8.32. The molecule has 0 spiro atoms. The third-order valence-electron chi connectivity index (χ3n) is 2.38. The fraction of sp³-hybridized carbons (Fsp3) is 0.308. The Kier molecular flexibility index (Phi) is 5.39. The highest BCUT2D eigenvalue weighted by molar-refractivity contribution is 5.94. The van der Waals surface area contributed by atoms with E-state index in [1.54, 1.807) is 24.3 Å². The second-order valence-corrected chi connectivity index (χ2v) is 3.80. The van der Waals surface area contributed by atoms with Crippen LogP contribution in [0.4, 0.5) is 0 Å². The number of hydrogen-bond donors (Lipinski definition) is 2. The predicted octanol–water partition coefficient (Wildman–Crippen LogP) is 1.54. The lowest BCUT2D eigenvalue weighted by Gasteiger charge is -2.04. The molecule has 18 heavy (non-hydrogen) atoms. The van der Waals surface area contributed by atoms with Crippen LogP contribution in [0.2, 0.25) is 0 Å². The van der Waals surface area contributed by atoms with Crippen molar-refractivity contribution in [2.45, 2.75) is 19.3 Å². The van der Waals surface area contributed by atoms with Crippen molar-refractivity contribution in [1.82, 2.24) is 5.32 Å². The maximum Gasteiger partial charge on any atom is 0.303 e. The topological polar surface area (TPSA) is 90.2 Å². The summed E-state index contributed by atoms with van der Waals surface area (Å²) in [6.07, 6.45) is 1.30. The van der Waals surface area contributed by atoms with Crippen molar-refractivity contribution >= 4 is 11.9 Å². The second kappa shape index (κ2) is 7.07. The quantitative estimate of drug-likeness (QED) is 0.745. The number of aliphatic carboxylic acids is 1. The number of nitrogens with zero attached hydrogens (tertiary/aromatic N) is 1. The van der Waals surface area contributed by atoms with Crippen LogP contribution in [0.25, 0.3) is 0 Å². The summed E-state index contributed by atoms with van der Waals surface area (Å²) in [5, 5.41) is 19.7. The van der Waals surface area contributed by atoms with Crippen LogP contribution in [0, 0.1) is 11.3 Å². The molecule has 94 valence electrons. The highest BCUT2D eigenvalue weighted by atomic mass is 16.4. The van der Waals surface area contributed by atoms with Crippen molar-refractivity contribution in [2.75, 3.05) is 6.54 Å². The molecule has 1 amide bonds. The molecule has 0 heterocycles. The number of benzene rings is 1. The van der Waals surface area contributed by atoms with E-state index in [0.717, 1.165) is 0 Å². The number of carboxylic acid groups (broad SMARTS) is 1. The first-order valence-corrected chi connectivity index (χ1v) is 5.63. The third kappa shape index (κ3) is 4.66. The van der Waals surface area contributed by atoms with E-state index in [2.05, 4.69) is 5.32 Å². The van der Waals surface area contributed by atoms with Gasteiger partial charge in [-0.15, -0.1) is 0 Å². The molecule has 0 bridgehead atoms. The number of carbonyl (C=O) groups excluding carboxylic acids is 1. The standard InChI is InChI=1S/C13H14N2O3/c14-9-10-4-6-11(7-5-10)13(18)15-8-2-1-3-12(16)17/h4-7H,1-3,8H2,(H,15,18)(H,16,17). The Balaban J connectivity index is 2.32. The average molecular weight is 246 g/mol. The van der Waals surface area contributed by atoms with Gasteiger partial charge in [-0.3, -0.25) is 9.59 Å². The first-order chi connectivity index (χ1) is 8.63. The van der Waals surface area contributed by atoms with Gasteiger partial charge in [-0.1, -0.05) is 0 Å². The second-order valence-electron chi connectivity index (χ2n) is 3.80. The molecule has 5 heteroatoms. The first-order valence-electron chi connectivity index (χ1n) is 5.63. The number of carbonyl (C=O) groups is 2. The van der Waals surface area contributed by atoms with Crippen LogP contribution in [0.5, 0.6) is 0 Å². The highest BCUT2D eigenvalue weighted by Crippen LogP contribution is 2.03. The maximum atomic E-state index is 11.6. The Morgan fingerprint density at radius 3 is 2.44 bits per heavy atom. The van der Waals surface area contributed by atoms with Gasteiger partial charge >= 0.3 is 5.97 Å². The van der Waals surface area contributed by atoms with Gasteiger partial charge in [0.25, 0.3) is 5.91 Å². The van der Waals surface area contributed by atoms with Gasteiger partial charge in [0.05, 0.1) is 11.6 Å². The van der Waals surface area contributed by atoms with E-state index in [1.807, 2.05) is 6.07 Å². The fourth-order valence-electron chi connectivity index (χ4n) is 1.40. The van der Waals surface area contributed by atoms with Crippen molar-refractivity contribution in [1.29, 1.82) is 5.26 Å². The molecule has 2 N–H and O–H groups in total. The minimum Gasteiger partial charge on any atom is -0.481 e. The minimum atomic E-state index is -0.826. The van der Waals surface area contributed by atoms with Crippen LogP contribution in [0.3, 0.4) is 0 Å². The molecule has 0 saturated carbocycles. The molecule has 1 aromatic carbocycles. The largest absolute Gasteiger partial charge is 0.481 e. The zero-order valence-corrected chi connectivity index (χ0v) is 9.85. The van der Waals surface area contributed by atoms with Crippen LogP contribution >= 0.6 is 0 Å². The zero-order valence-electron chi connectivity index (χ0n) is 9.85. The molecule has 0 unspecified atom stereocenters. The Morgan fingerprint density at radius 2 is 1.89 bits per heavy atom. The Labute approximate surface area is 105 Å². The molecular formula is C13H14N2O3. The number of nitriles is 1. The lowest BCUT2D eigenvalue weighted by atomic mass is 10.1. The van der Waals surface area contributed by atoms with Gasteiger partial charge in [0.15, 0.2) is 0 Å². The number of hydrogen-bond acceptors (Lipinski definition) is 3. The third-order valence-corrected chi connectivity index (χ3v) is 2.38. The molecule has 0 aromatic heterocycles. The van der Waals surface area contributed by atoms with Crippen LogP contribution in [0.1, 0.15) is 35.2 Å². The lowest BCUT2D eigenvalue weighted by molar-refractivity contribution is -0.137. The van der Waals surface area contributed by atoms with Crippen LogP contribution < -0.4 is 5.32 Å². The van der Waals surface area contributed by atoms with Crippen molar-refractivity contribution in [2.24, 2.45) is 0 Å². The predicted molar refractivity (Wildman–Crippen MR) is 65.0 cm³/mol. The van der Waals surface area contributed by atoms with E-state index in [0.29, 0.717) is 30.5 Å². The van der Waals surface area contributed by atoms with Gasteiger partial charge < -0.3 is 10.4 Å². The van der Waals surface area contributed by atoms with Crippen LogP contribution in [0.15, 0.2) is 24.3 Å². The van der Waals surface area contributed by atoms with Gasteiger partial charge in [-0.05, 0) is 37.1 Å². The lowest BCUT2D eigenvalue weighted by Crippen LogP contribution is -2.24. The van der Waals surface area contributed by atoms with E-state index in [-0.39, 0.29) is 12.3 Å². The van der Waals surface area contributed by atoms with Gasteiger partial charge in [-0.2, -0.15) is 5.26 Å². The van der Waals surface area contributed by atoms with Gasteiger partial charge in [-0.25, -0.2) is 0 Å². The molecule has 0 aliphatic carbocycles. The first kappa shape index (κ1) is 13.7. The highest BCUT2D eigenvalue weighted by Gasteiger charge is 2.04. The van der Waals surface area contributed by atoms with Gasteiger partial charge in [0.2, 0.25) is 0 Å². The molecule has 0 aliphatic heterocycles. The van der Waals surface area contributed by atoms with E-state index >= 15 is 0 Å². The number of unbranched alkanes of at least 4 members (excludes halogenated alkanes) is 1. The van der Waals surface area contributed by atoms with E-state index in [4.69, 9.17) is 10.4 Å². The van der Waals surface area contributed by atoms with Crippen LogP contribution in [-0.4, -0.2) is 23.5 Å². The SMILES string of the molecule is N#Cc1ccc(C(=O)NCCCCC(=O)O)cc1. The van der Waals surface area contributed by atoms with E-state index < -0.39 is 5.97 Å². The van der Waals surface area contributed by atoms with Crippen molar-refractivity contribution in [3.63, 3.8) is 0 Å². The molecule has 0 radical (unpaired) electrons. The summed E-state index contributed by atoms with van der Waals surface area (Å²) in [5.74, 6) is -1.04. The molecule has 1 rings (SSSR count).